The van der Waals surface area contributed by atoms with E-state index in [2.05, 4.69) is 15.1 Å². The molecule has 4 rings (SSSR count). The third-order valence-corrected chi connectivity index (χ3v) is 6.59. The molecule has 2 heterocycles. The third kappa shape index (κ3) is 6.69. The summed E-state index contributed by atoms with van der Waals surface area (Å²) in [4.78, 5) is 18.0. The molecule has 2 aromatic carbocycles. The molecule has 0 spiro atoms. The van der Waals surface area contributed by atoms with Gasteiger partial charge in [0.15, 0.2) is 0 Å². The second kappa shape index (κ2) is 11.5. The number of carbonyl (C=O) groups excluding carboxylic acids is 1. The van der Waals surface area contributed by atoms with Crippen LogP contribution < -0.4 is 10.1 Å². The van der Waals surface area contributed by atoms with Gasteiger partial charge in [0.2, 0.25) is 5.91 Å². The SMILES string of the molecule is COc1ccccc1CNC(=O)[C@@H]1C[C@H](CN2CCOCC2)CN(Cc2ccc(O)cc2)C1. The minimum Gasteiger partial charge on any atom is -0.508 e. The fourth-order valence-electron chi connectivity index (χ4n) is 4.94. The van der Waals surface area contributed by atoms with Crippen LogP contribution >= 0.6 is 0 Å². The van der Waals surface area contributed by atoms with Gasteiger partial charge in [-0.1, -0.05) is 30.3 Å². The van der Waals surface area contributed by atoms with Crippen LogP contribution in [0.15, 0.2) is 48.5 Å². The van der Waals surface area contributed by atoms with Crippen LogP contribution in [0.2, 0.25) is 0 Å². The van der Waals surface area contributed by atoms with Gasteiger partial charge in [0.25, 0.3) is 0 Å². The number of benzene rings is 2. The van der Waals surface area contributed by atoms with Crippen LogP contribution in [0.4, 0.5) is 0 Å². The number of para-hydroxylation sites is 1. The minimum atomic E-state index is -0.0587. The first-order valence-electron chi connectivity index (χ1n) is 11.8. The lowest BCUT2D eigenvalue weighted by Gasteiger charge is -2.40. The van der Waals surface area contributed by atoms with Crippen LogP contribution in [0.25, 0.3) is 0 Å². The molecule has 0 saturated carbocycles. The van der Waals surface area contributed by atoms with Crippen molar-refractivity contribution < 1.29 is 19.4 Å². The van der Waals surface area contributed by atoms with Crippen molar-refractivity contribution in [2.24, 2.45) is 11.8 Å². The summed E-state index contributed by atoms with van der Waals surface area (Å²) in [5, 5.41) is 12.7. The Balaban J connectivity index is 1.41. The van der Waals surface area contributed by atoms with Crippen molar-refractivity contribution in [3.63, 3.8) is 0 Å². The predicted octanol–water partition coefficient (Wildman–Crippen LogP) is 2.49. The molecule has 2 aliphatic heterocycles. The van der Waals surface area contributed by atoms with Gasteiger partial charge in [-0.05, 0) is 36.1 Å². The van der Waals surface area contributed by atoms with Gasteiger partial charge in [0, 0.05) is 51.4 Å². The van der Waals surface area contributed by atoms with E-state index in [1.165, 1.54) is 0 Å². The quantitative estimate of drug-likeness (QED) is 0.640. The molecule has 2 aromatic rings. The van der Waals surface area contributed by atoms with Crippen molar-refractivity contribution in [2.75, 3.05) is 53.0 Å². The number of methoxy groups -OCH3 is 1. The van der Waals surface area contributed by atoms with Gasteiger partial charge in [-0.2, -0.15) is 0 Å². The average molecular weight is 454 g/mol. The van der Waals surface area contributed by atoms with Crippen LogP contribution in [0, 0.1) is 11.8 Å². The maximum absolute atomic E-state index is 13.2. The lowest BCUT2D eigenvalue weighted by molar-refractivity contribution is -0.128. The average Bonchev–Trinajstić information content (AvgIpc) is 2.84. The second-order valence-corrected chi connectivity index (χ2v) is 9.10. The number of morpholine rings is 1. The predicted molar refractivity (Wildman–Crippen MR) is 127 cm³/mol. The van der Waals surface area contributed by atoms with E-state index < -0.39 is 0 Å². The molecule has 7 nitrogen and oxygen atoms in total. The van der Waals surface area contributed by atoms with Gasteiger partial charge in [0.1, 0.15) is 11.5 Å². The molecule has 0 radical (unpaired) electrons. The number of phenols is 1. The first-order valence-corrected chi connectivity index (χ1v) is 11.8. The van der Waals surface area contributed by atoms with E-state index in [1.807, 2.05) is 36.4 Å². The van der Waals surface area contributed by atoms with E-state index in [9.17, 15) is 9.90 Å². The fourth-order valence-corrected chi connectivity index (χ4v) is 4.94. The molecular weight excluding hydrogens is 418 g/mol. The summed E-state index contributed by atoms with van der Waals surface area (Å²) in [5.74, 6) is 1.53. The highest BCUT2D eigenvalue weighted by molar-refractivity contribution is 5.79. The summed E-state index contributed by atoms with van der Waals surface area (Å²) in [6.45, 7) is 7.41. The zero-order valence-electron chi connectivity index (χ0n) is 19.4. The van der Waals surface area contributed by atoms with Crippen molar-refractivity contribution in [3.05, 3.63) is 59.7 Å². The smallest absolute Gasteiger partial charge is 0.224 e. The number of rotatable bonds is 8. The van der Waals surface area contributed by atoms with E-state index in [4.69, 9.17) is 9.47 Å². The minimum absolute atomic E-state index is 0.0587. The summed E-state index contributed by atoms with van der Waals surface area (Å²) in [6, 6.07) is 15.2. The Morgan fingerprint density at radius 1 is 1.09 bits per heavy atom. The first-order chi connectivity index (χ1) is 16.1. The van der Waals surface area contributed by atoms with Gasteiger partial charge in [-0.3, -0.25) is 14.6 Å². The second-order valence-electron chi connectivity index (χ2n) is 9.10. The highest BCUT2D eigenvalue weighted by Crippen LogP contribution is 2.26. The van der Waals surface area contributed by atoms with E-state index in [0.717, 1.165) is 75.8 Å². The zero-order chi connectivity index (χ0) is 23.0. The molecule has 2 aliphatic rings. The summed E-state index contributed by atoms with van der Waals surface area (Å²) in [6.07, 6.45) is 0.890. The molecule has 33 heavy (non-hydrogen) atoms. The van der Waals surface area contributed by atoms with Crippen molar-refractivity contribution in [2.45, 2.75) is 19.5 Å². The Morgan fingerprint density at radius 2 is 1.85 bits per heavy atom. The van der Waals surface area contributed by atoms with Gasteiger partial charge >= 0.3 is 0 Å². The molecule has 0 bridgehead atoms. The Kier molecular flexibility index (Phi) is 8.20. The number of carbonyl (C=O) groups is 1. The van der Waals surface area contributed by atoms with E-state index in [0.29, 0.717) is 12.5 Å². The number of nitrogens with one attached hydrogen (secondary N) is 1. The van der Waals surface area contributed by atoms with Gasteiger partial charge in [-0.25, -0.2) is 0 Å². The lowest BCUT2D eigenvalue weighted by atomic mass is 9.87. The molecule has 7 heteroatoms. The zero-order valence-corrected chi connectivity index (χ0v) is 19.4. The van der Waals surface area contributed by atoms with Crippen molar-refractivity contribution in [1.29, 1.82) is 0 Å². The van der Waals surface area contributed by atoms with Gasteiger partial charge < -0.3 is 19.9 Å². The van der Waals surface area contributed by atoms with Crippen molar-refractivity contribution in [3.8, 4) is 11.5 Å². The Morgan fingerprint density at radius 3 is 2.61 bits per heavy atom. The van der Waals surface area contributed by atoms with Gasteiger partial charge in [0.05, 0.1) is 26.2 Å². The van der Waals surface area contributed by atoms with E-state index in [1.54, 1.807) is 19.2 Å². The fraction of sp³-hybridized carbons (Fsp3) is 0.500. The summed E-state index contributed by atoms with van der Waals surface area (Å²) >= 11 is 0. The number of hydrogen-bond acceptors (Lipinski definition) is 6. The number of piperidine rings is 1. The molecule has 178 valence electrons. The molecular formula is C26H35N3O4. The van der Waals surface area contributed by atoms with Crippen LogP contribution in [0.1, 0.15) is 17.5 Å². The van der Waals surface area contributed by atoms with Crippen LogP contribution in [-0.2, 0) is 22.6 Å². The summed E-state index contributed by atoms with van der Waals surface area (Å²) in [7, 11) is 1.65. The maximum atomic E-state index is 13.2. The number of likely N-dealkylation sites (tertiary alicyclic amines) is 1. The summed E-state index contributed by atoms with van der Waals surface area (Å²) in [5.41, 5.74) is 2.13. The summed E-state index contributed by atoms with van der Waals surface area (Å²) < 4.78 is 10.9. The number of amides is 1. The van der Waals surface area contributed by atoms with Crippen molar-refractivity contribution >= 4 is 5.91 Å². The largest absolute Gasteiger partial charge is 0.508 e. The number of aromatic hydroxyl groups is 1. The number of nitrogens with zero attached hydrogens (tertiary/aromatic N) is 2. The van der Waals surface area contributed by atoms with Gasteiger partial charge in [-0.15, -0.1) is 0 Å². The number of phenolic OH excluding ortho intramolecular Hbond substituents is 1. The Labute approximate surface area is 196 Å². The Hall–Kier alpha value is -2.61. The topological polar surface area (TPSA) is 74.3 Å². The van der Waals surface area contributed by atoms with Crippen LogP contribution in [-0.4, -0.2) is 73.9 Å². The van der Waals surface area contributed by atoms with E-state index in [-0.39, 0.29) is 17.6 Å². The highest BCUT2D eigenvalue weighted by atomic mass is 16.5. The third-order valence-electron chi connectivity index (χ3n) is 6.59. The Bertz CT molecular complexity index is 899. The van der Waals surface area contributed by atoms with E-state index >= 15 is 0 Å². The molecule has 0 unspecified atom stereocenters. The molecule has 2 N–H and O–H groups in total. The molecule has 0 aromatic heterocycles. The number of ether oxygens (including phenoxy) is 2. The molecule has 2 atom stereocenters. The maximum Gasteiger partial charge on any atom is 0.224 e. The van der Waals surface area contributed by atoms with Crippen LogP contribution in [0.3, 0.4) is 0 Å². The number of hydrogen-bond donors (Lipinski definition) is 2. The standard InChI is InChI=1S/C26H35N3O4/c1-32-25-5-3-2-4-22(25)15-27-26(31)23-14-21(17-28-10-12-33-13-11-28)18-29(19-23)16-20-6-8-24(30)9-7-20/h2-9,21,23,30H,10-19H2,1H3,(H,27,31)/t21-,23-/m1/s1. The molecule has 0 aliphatic carbocycles. The normalized spacial score (nSPS) is 22.1. The molecule has 1 amide bonds. The molecule has 2 saturated heterocycles. The lowest BCUT2D eigenvalue weighted by Crippen LogP contribution is -2.49. The highest BCUT2D eigenvalue weighted by Gasteiger charge is 2.32. The molecule has 2 fully saturated rings. The van der Waals surface area contributed by atoms with Crippen molar-refractivity contribution in [1.82, 2.24) is 15.1 Å². The van der Waals surface area contributed by atoms with Crippen LogP contribution in [0.5, 0.6) is 11.5 Å². The first kappa shape index (κ1) is 23.5. The monoisotopic (exact) mass is 453 g/mol.